The summed E-state index contributed by atoms with van der Waals surface area (Å²) in [7, 11) is 0. The Bertz CT molecular complexity index is 635. The molecule has 1 fully saturated rings. The average Bonchev–Trinajstić information content (AvgIpc) is 2.55. The molecule has 1 amide bonds. The molecule has 1 aromatic heterocycles. The van der Waals surface area contributed by atoms with Crippen LogP contribution in [0.2, 0.25) is 0 Å². The van der Waals surface area contributed by atoms with Crippen LogP contribution in [0.4, 0.5) is 5.69 Å². The molecule has 1 aliphatic heterocycles. The minimum absolute atomic E-state index is 0.0475. The summed E-state index contributed by atoms with van der Waals surface area (Å²) in [5.41, 5.74) is 1.63. The van der Waals surface area contributed by atoms with Crippen LogP contribution >= 0.6 is 0 Å². The molecule has 1 aliphatic rings. The highest BCUT2D eigenvalue weighted by Crippen LogP contribution is 2.23. The molecule has 1 saturated heterocycles. The van der Waals surface area contributed by atoms with Gasteiger partial charge in [-0.05, 0) is 37.4 Å². The first-order valence-electron chi connectivity index (χ1n) is 7.66. The number of aromatic nitrogens is 1. The molecule has 3 rings (SSSR count). The summed E-state index contributed by atoms with van der Waals surface area (Å²) in [5.74, 6) is 0.693. The zero-order valence-electron chi connectivity index (χ0n) is 12.3. The van der Waals surface area contributed by atoms with Gasteiger partial charge in [0.05, 0.1) is 17.2 Å². The maximum atomic E-state index is 12.5. The minimum atomic E-state index is -0.0948. The topological polar surface area (TPSA) is 54.0 Å². The van der Waals surface area contributed by atoms with E-state index in [1.807, 2.05) is 30.3 Å². The molecule has 2 unspecified atom stereocenters. The van der Waals surface area contributed by atoms with Gasteiger partial charge in [0.15, 0.2) is 0 Å². The fraction of sp³-hybridized carbons (Fsp3) is 0.412. The van der Waals surface area contributed by atoms with Crippen molar-refractivity contribution in [2.75, 3.05) is 11.9 Å². The number of carbonyl (C=O) groups excluding carboxylic acids is 1. The lowest BCUT2D eigenvalue weighted by molar-refractivity contribution is -0.119. The number of benzene rings is 1. The Labute approximate surface area is 125 Å². The van der Waals surface area contributed by atoms with E-state index in [9.17, 15) is 4.79 Å². The zero-order valence-corrected chi connectivity index (χ0v) is 12.3. The van der Waals surface area contributed by atoms with Gasteiger partial charge in [-0.3, -0.25) is 9.78 Å². The summed E-state index contributed by atoms with van der Waals surface area (Å²) in [6, 6.07) is 9.68. The quantitative estimate of drug-likeness (QED) is 0.910. The average molecular weight is 283 g/mol. The van der Waals surface area contributed by atoms with Gasteiger partial charge in [-0.25, -0.2) is 0 Å². The molecule has 2 N–H and O–H groups in total. The fourth-order valence-corrected chi connectivity index (χ4v) is 2.99. The second-order valence-electron chi connectivity index (χ2n) is 5.68. The molecule has 0 bridgehead atoms. The third kappa shape index (κ3) is 3.05. The number of para-hydroxylation sites is 1. The van der Waals surface area contributed by atoms with Gasteiger partial charge in [0.1, 0.15) is 0 Å². The molecule has 110 valence electrons. The van der Waals surface area contributed by atoms with E-state index in [0.717, 1.165) is 42.4 Å². The van der Waals surface area contributed by atoms with E-state index >= 15 is 0 Å². The fourth-order valence-electron chi connectivity index (χ4n) is 2.99. The third-order valence-electron chi connectivity index (χ3n) is 4.30. The van der Waals surface area contributed by atoms with Gasteiger partial charge in [0.25, 0.3) is 0 Å². The van der Waals surface area contributed by atoms with Gasteiger partial charge in [0.2, 0.25) is 5.91 Å². The molecule has 0 aliphatic carbocycles. The molecular weight excluding hydrogens is 262 g/mol. The van der Waals surface area contributed by atoms with E-state index in [1.54, 1.807) is 6.20 Å². The summed E-state index contributed by atoms with van der Waals surface area (Å²) in [4.78, 5) is 16.8. The summed E-state index contributed by atoms with van der Waals surface area (Å²) >= 11 is 0. The van der Waals surface area contributed by atoms with Crippen LogP contribution in [-0.2, 0) is 4.79 Å². The lowest BCUT2D eigenvalue weighted by Crippen LogP contribution is -2.46. The van der Waals surface area contributed by atoms with Crippen molar-refractivity contribution in [3.05, 3.63) is 36.5 Å². The number of hydrogen-bond donors (Lipinski definition) is 2. The van der Waals surface area contributed by atoms with Crippen LogP contribution in [0, 0.1) is 5.92 Å². The molecule has 4 nitrogen and oxygen atoms in total. The molecule has 2 heterocycles. The van der Waals surface area contributed by atoms with Crippen LogP contribution in [0.25, 0.3) is 10.9 Å². The van der Waals surface area contributed by atoms with Gasteiger partial charge in [0, 0.05) is 11.6 Å². The SMILES string of the molecule is CCC1CCNC(C(=O)Nc2cccc3cccnc23)C1. The van der Waals surface area contributed by atoms with Gasteiger partial charge >= 0.3 is 0 Å². The first kappa shape index (κ1) is 14.0. The molecule has 0 radical (unpaired) electrons. The number of anilines is 1. The lowest BCUT2D eigenvalue weighted by Gasteiger charge is -2.28. The van der Waals surface area contributed by atoms with Crippen molar-refractivity contribution in [3.63, 3.8) is 0 Å². The number of piperidine rings is 1. The van der Waals surface area contributed by atoms with Crippen molar-refractivity contribution in [2.24, 2.45) is 5.92 Å². The van der Waals surface area contributed by atoms with Gasteiger partial charge in [-0.2, -0.15) is 0 Å². The Balaban J connectivity index is 1.77. The van der Waals surface area contributed by atoms with Crippen molar-refractivity contribution in [2.45, 2.75) is 32.2 Å². The lowest BCUT2D eigenvalue weighted by atomic mass is 9.90. The number of amides is 1. The van der Waals surface area contributed by atoms with E-state index in [1.165, 1.54) is 0 Å². The maximum Gasteiger partial charge on any atom is 0.241 e. The monoisotopic (exact) mass is 283 g/mol. The van der Waals surface area contributed by atoms with Crippen LogP contribution in [-0.4, -0.2) is 23.5 Å². The Morgan fingerprint density at radius 3 is 3.10 bits per heavy atom. The first-order chi connectivity index (χ1) is 10.3. The number of nitrogens with one attached hydrogen (secondary N) is 2. The van der Waals surface area contributed by atoms with E-state index in [2.05, 4.69) is 22.5 Å². The summed E-state index contributed by atoms with van der Waals surface area (Å²) < 4.78 is 0. The largest absolute Gasteiger partial charge is 0.323 e. The van der Waals surface area contributed by atoms with Crippen molar-refractivity contribution < 1.29 is 4.79 Å². The molecule has 1 aromatic carbocycles. The van der Waals surface area contributed by atoms with Crippen molar-refractivity contribution in [3.8, 4) is 0 Å². The molecule has 0 saturated carbocycles. The number of carbonyl (C=O) groups is 1. The Hall–Kier alpha value is -1.94. The highest BCUT2D eigenvalue weighted by atomic mass is 16.2. The number of hydrogen-bond acceptors (Lipinski definition) is 3. The van der Waals surface area contributed by atoms with Crippen molar-refractivity contribution >= 4 is 22.5 Å². The van der Waals surface area contributed by atoms with E-state index in [-0.39, 0.29) is 11.9 Å². The third-order valence-corrected chi connectivity index (χ3v) is 4.30. The highest BCUT2D eigenvalue weighted by Gasteiger charge is 2.26. The van der Waals surface area contributed by atoms with Crippen molar-refractivity contribution in [1.29, 1.82) is 0 Å². The predicted molar refractivity (Wildman–Crippen MR) is 85.2 cm³/mol. The smallest absolute Gasteiger partial charge is 0.241 e. The van der Waals surface area contributed by atoms with Crippen LogP contribution in [0.3, 0.4) is 0 Å². The number of pyridine rings is 1. The highest BCUT2D eigenvalue weighted by molar-refractivity contribution is 6.02. The second-order valence-corrected chi connectivity index (χ2v) is 5.68. The number of fused-ring (bicyclic) bond motifs is 1. The molecule has 4 heteroatoms. The van der Waals surface area contributed by atoms with E-state index in [0.29, 0.717) is 5.92 Å². The summed E-state index contributed by atoms with van der Waals surface area (Å²) in [6.45, 7) is 3.12. The number of rotatable bonds is 3. The molecular formula is C17H21N3O. The van der Waals surface area contributed by atoms with Crippen LogP contribution < -0.4 is 10.6 Å². The molecule has 21 heavy (non-hydrogen) atoms. The van der Waals surface area contributed by atoms with Gasteiger partial charge in [-0.1, -0.05) is 31.5 Å². The Morgan fingerprint density at radius 1 is 1.38 bits per heavy atom. The molecule has 0 spiro atoms. The zero-order chi connectivity index (χ0) is 14.7. The first-order valence-corrected chi connectivity index (χ1v) is 7.66. The minimum Gasteiger partial charge on any atom is -0.323 e. The number of nitrogens with zero attached hydrogens (tertiary/aromatic N) is 1. The van der Waals surface area contributed by atoms with Crippen LogP contribution in [0.5, 0.6) is 0 Å². The van der Waals surface area contributed by atoms with Crippen LogP contribution in [0.1, 0.15) is 26.2 Å². The second kappa shape index (κ2) is 6.22. The van der Waals surface area contributed by atoms with Gasteiger partial charge in [-0.15, -0.1) is 0 Å². The van der Waals surface area contributed by atoms with Crippen LogP contribution in [0.15, 0.2) is 36.5 Å². The summed E-state index contributed by atoms with van der Waals surface area (Å²) in [6.07, 6.45) is 4.97. The summed E-state index contributed by atoms with van der Waals surface area (Å²) in [5, 5.41) is 7.39. The standard InChI is InChI=1S/C17H21N3O/c1-2-12-8-10-18-15(11-12)17(21)20-14-7-3-5-13-6-4-9-19-16(13)14/h3-7,9,12,15,18H,2,8,10-11H2,1H3,(H,20,21). The van der Waals surface area contributed by atoms with E-state index < -0.39 is 0 Å². The van der Waals surface area contributed by atoms with Crippen molar-refractivity contribution in [1.82, 2.24) is 10.3 Å². The van der Waals surface area contributed by atoms with E-state index in [4.69, 9.17) is 0 Å². The predicted octanol–water partition coefficient (Wildman–Crippen LogP) is 2.95. The maximum absolute atomic E-state index is 12.5. The molecule has 2 aromatic rings. The van der Waals surface area contributed by atoms with Gasteiger partial charge < -0.3 is 10.6 Å². The Morgan fingerprint density at radius 2 is 2.24 bits per heavy atom. The normalized spacial score (nSPS) is 22.1. The molecule has 2 atom stereocenters. The Kier molecular flexibility index (Phi) is 4.15.